The van der Waals surface area contributed by atoms with Crippen LogP contribution in [0.15, 0.2) is 60.0 Å². The molecule has 0 saturated carbocycles. The highest BCUT2D eigenvalue weighted by molar-refractivity contribution is 7.83. The number of carbonyl (C=O) groups excluding carboxylic acids is 3. The number of hydrogen-bond donors (Lipinski definition) is 2. The number of piperidine rings is 1. The molecule has 0 spiro atoms. The Morgan fingerprint density at radius 3 is 2.17 bits per heavy atom. The topological polar surface area (TPSA) is 113 Å². The first-order valence-corrected chi connectivity index (χ1v) is 14.8. The maximum atomic E-state index is 13.5. The first kappa shape index (κ1) is 29.8. The molecule has 2 heterocycles. The Balaban J connectivity index is 1.41. The molecular formula is C28H31Cl2N5O4S. The van der Waals surface area contributed by atoms with E-state index in [1.165, 1.54) is 36.3 Å². The number of amides is 3. The lowest BCUT2D eigenvalue weighted by Crippen LogP contribution is -2.52. The normalized spacial score (nSPS) is 15.5. The maximum Gasteiger partial charge on any atom is 0.263 e. The number of nitrogens with zero attached hydrogens (tertiary/aromatic N) is 3. The molecule has 3 amide bonds. The van der Waals surface area contributed by atoms with E-state index in [2.05, 4.69) is 15.0 Å². The van der Waals surface area contributed by atoms with Crippen LogP contribution in [0.5, 0.6) is 0 Å². The predicted molar refractivity (Wildman–Crippen MR) is 155 cm³/mol. The molecule has 2 atom stereocenters. The fourth-order valence-corrected chi connectivity index (χ4v) is 5.79. The summed E-state index contributed by atoms with van der Waals surface area (Å²) in [5, 5.41) is 3.86. The fourth-order valence-electron chi connectivity index (χ4n) is 4.63. The second-order valence-electron chi connectivity index (χ2n) is 10.2. The van der Waals surface area contributed by atoms with Crippen molar-refractivity contribution >= 4 is 51.9 Å². The molecule has 3 aromatic rings. The molecule has 2 N–H and O–H groups in total. The zero-order valence-corrected chi connectivity index (χ0v) is 24.7. The van der Waals surface area contributed by atoms with Crippen LogP contribution in [0.1, 0.15) is 58.9 Å². The molecule has 212 valence electrons. The average Bonchev–Trinajstić information content (AvgIpc) is 3.37. The quantitative estimate of drug-likeness (QED) is 0.397. The summed E-state index contributed by atoms with van der Waals surface area (Å²) in [5.74, 6) is -1.20. The molecule has 40 heavy (non-hydrogen) atoms. The summed E-state index contributed by atoms with van der Waals surface area (Å²) in [7, 11) is -0.171. The van der Waals surface area contributed by atoms with E-state index in [1.54, 1.807) is 16.5 Å². The lowest BCUT2D eigenvalue weighted by molar-refractivity contribution is -0.135. The van der Waals surface area contributed by atoms with E-state index in [4.69, 9.17) is 23.2 Å². The number of aromatic nitrogens is 2. The van der Waals surface area contributed by atoms with Crippen molar-refractivity contribution in [1.82, 2.24) is 24.5 Å². The maximum absolute atomic E-state index is 13.5. The minimum absolute atomic E-state index is 0.0543. The van der Waals surface area contributed by atoms with Gasteiger partial charge in [0.2, 0.25) is 5.91 Å². The number of aryl methyl sites for hydroxylation is 1. The first-order valence-electron chi connectivity index (χ1n) is 12.9. The van der Waals surface area contributed by atoms with Gasteiger partial charge in [-0.2, -0.15) is 0 Å². The average molecular weight is 605 g/mol. The lowest BCUT2D eigenvalue weighted by atomic mass is 9.89. The van der Waals surface area contributed by atoms with Gasteiger partial charge in [-0.25, -0.2) is 9.19 Å². The van der Waals surface area contributed by atoms with Crippen LogP contribution in [-0.2, 0) is 22.8 Å². The third-order valence-electron chi connectivity index (χ3n) is 6.85. The Bertz CT molecular complexity index is 1420. The molecule has 1 aromatic heterocycles. The number of imidazole rings is 1. The molecule has 9 nitrogen and oxygen atoms in total. The van der Waals surface area contributed by atoms with E-state index >= 15 is 0 Å². The van der Waals surface area contributed by atoms with Gasteiger partial charge in [-0.3, -0.25) is 19.1 Å². The van der Waals surface area contributed by atoms with Gasteiger partial charge < -0.3 is 14.8 Å². The SMILES string of the molecule is CC(C)[C@@H](NC(=O)c1cc(Cl)cc(C(=O)NS(=O)c2cn(C)cn2)c1)C(=O)N1CCC(c2ccc(Cl)cc2)CC1. The molecule has 0 radical (unpaired) electrons. The molecule has 1 unspecified atom stereocenters. The van der Waals surface area contributed by atoms with Crippen molar-refractivity contribution in [3.63, 3.8) is 0 Å². The van der Waals surface area contributed by atoms with Gasteiger partial charge in [0.05, 0.1) is 6.33 Å². The third kappa shape index (κ3) is 7.30. The molecular weight excluding hydrogens is 573 g/mol. The summed E-state index contributed by atoms with van der Waals surface area (Å²) >= 11 is 12.2. The molecule has 2 aromatic carbocycles. The van der Waals surface area contributed by atoms with E-state index in [0.717, 1.165) is 12.8 Å². The van der Waals surface area contributed by atoms with Crippen LogP contribution in [0.2, 0.25) is 10.0 Å². The summed E-state index contributed by atoms with van der Waals surface area (Å²) in [4.78, 5) is 45.2. The first-order chi connectivity index (χ1) is 19.0. The lowest BCUT2D eigenvalue weighted by Gasteiger charge is -2.35. The van der Waals surface area contributed by atoms with E-state index < -0.39 is 28.8 Å². The van der Waals surface area contributed by atoms with Crippen molar-refractivity contribution in [3.8, 4) is 0 Å². The smallest absolute Gasteiger partial charge is 0.263 e. The van der Waals surface area contributed by atoms with Crippen LogP contribution < -0.4 is 10.0 Å². The summed E-state index contributed by atoms with van der Waals surface area (Å²) in [5.41, 5.74) is 1.37. The molecule has 1 aliphatic heterocycles. The van der Waals surface area contributed by atoms with Crippen LogP contribution in [0.3, 0.4) is 0 Å². The Hall–Kier alpha value is -3.21. The Labute approximate surface area is 245 Å². The largest absolute Gasteiger partial charge is 0.341 e. The number of carbonyl (C=O) groups is 3. The zero-order chi connectivity index (χ0) is 29.0. The molecule has 0 bridgehead atoms. The summed E-state index contributed by atoms with van der Waals surface area (Å²) in [6, 6.07) is 11.2. The second kappa shape index (κ2) is 13.0. The fraction of sp³-hybridized carbons (Fsp3) is 0.357. The highest BCUT2D eigenvalue weighted by Crippen LogP contribution is 2.29. The van der Waals surface area contributed by atoms with Gasteiger partial charge in [0.1, 0.15) is 6.04 Å². The van der Waals surface area contributed by atoms with E-state index in [1.807, 2.05) is 38.1 Å². The Morgan fingerprint density at radius 1 is 0.975 bits per heavy atom. The zero-order valence-electron chi connectivity index (χ0n) is 22.4. The molecule has 1 saturated heterocycles. The predicted octanol–water partition coefficient (Wildman–Crippen LogP) is 4.34. The van der Waals surface area contributed by atoms with Gasteiger partial charge >= 0.3 is 0 Å². The Morgan fingerprint density at radius 2 is 1.60 bits per heavy atom. The van der Waals surface area contributed by atoms with Crippen molar-refractivity contribution < 1.29 is 18.6 Å². The third-order valence-corrected chi connectivity index (χ3v) is 8.28. The van der Waals surface area contributed by atoms with Crippen LogP contribution in [0, 0.1) is 5.92 Å². The summed E-state index contributed by atoms with van der Waals surface area (Å²) < 4.78 is 16.4. The summed E-state index contributed by atoms with van der Waals surface area (Å²) in [6.07, 6.45) is 4.63. The van der Waals surface area contributed by atoms with Crippen molar-refractivity contribution in [3.05, 3.63) is 81.7 Å². The monoisotopic (exact) mass is 603 g/mol. The number of benzene rings is 2. The molecule has 1 aliphatic rings. The van der Waals surface area contributed by atoms with Crippen LogP contribution >= 0.6 is 23.2 Å². The van der Waals surface area contributed by atoms with E-state index in [-0.39, 0.29) is 33.0 Å². The van der Waals surface area contributed by atoms with Crippen LogP contribution in [0.25, 0.3) is 0 Å². The van der Waals surface area contributed by atoms with Crippen molar-refractivity contribution in [2.24, 2.45) is 13.0 Å². The van der Waals surface area contributed by atoms with Crippen molar-refractivity contribution in [2.75, 3.05) is 13.1 Å². The van der Waals surface area contributed by atoms with Gasteiger partial charge in [-0.15, -0.1) is 0 Å². The Kier molecular flexibility index (Phi) is 9.65. The second-order valence-corrected chi connectivity index (χ2v) is 12.2. The number of likely N-dealkylation sites (tertiary alicyclic amines) is 1. The minimum Gasteiger partial charge on any atom is -0.341 e. The van der Waals surface area contributed by atoms with Gasteiger partial charge in [0, 0.05) is 47.5 Å². The number of nitrogens with one attached hydrogen (secondary N) is 2. The molecule has 0 aliphatic carbocycles. The highest BCUT2D eigenvalue weighted by Gasteiger charge is 2.32. The summed E-state index contributed by atoms with van der Waals surface area (Å²) in [6.45, 7) is 4.90. The van der Waals surface area contributed by atoms with Crippen LogP contribution in [0.4, 0.5) is 0 Å². The van der Waals surface area contributed by atoms with Crippen LogP contribution in [-0.4, -0.2) is 55.5 Å². The van der Waals surface area contributed by atoms with E-state index in [9.17, 15) is 18.6 Å². The van der Waals surface area contributed by atoms with E-state index in [0.29, 0.717) is 24.0 Å². The molecule has 12 heteroatoms. The van der Waals surface area contributed by atoms with Gasteiger partial charge in [0.15, 0.2) is 16.0 Å². The van der Waals surface area contributed by atoms with Crippen molar-refractivity contribution in [1.29, 1.82) is 0 Å². The molecule has 1 fully saturated rings. The highest BCUT2D eigenvalue weighted by atomic mass is 35.5. The number of hydrogen-bond acceptors (Lipinski definition) is 5. The minimum atomic E-state index is -1.89. The standard InChI is InChI=1S/C28H31Cl2N5O4S/c1-17(2)25(28(38)35-10-8-19(9-11-35)18-4-6-22(29)7-5-18)32-26(36)20-12-21(14-23(30)13-20)27(37)33-40(39)24-15-34(3)16-31-24/h4-7,12-17,19,25H,8-11H2,1-3H3,(H,32,36)(H,33,37)/t25-,40?/m1/s1. The van der Waals surface area contributed by atoms with Gasteiger partial charge in [-0.1, -0.05) is 49.2 Å². The number of halogens is 2. The van der Waals surface area contributed by atoms with Gasteiger partial charge in [-0.05, 0) is 60.6 Å². The number of rotatable bonds is 8. The molecule has 4 rings (SSSR count). The van der Waals surface area contributed by atoms with Crippen molar-refractivity contribution in [2.45, 2.75) is 43.7 Å². The van der Waals surface area contributed by atoms with Gasteiger partial charge in [0.25, 0.3) is 11.8 Å².